The van der Waals surface area contributed by atoms with Gasteiger partial charge in [-0.25, -0.2) is 4.79 Å². The summed E-state index contributed by atoms with van der Waals surface area (Å²) in [5.41, 5.74) is 4.20. The van der Waals surface area contributed by atoms with Gasteiger partial charge in [-0.15, -0.1) is 5.10 Å². The van der Waals surface area contributed by atoms with Crippen molar-refractivity contribution in [3.8, 4) is 11.3 Å². The third kappa shape index (κ3) is 3.65. The lowest BCUT2D eigenvalue weighted by Gasteiger charge is -2.06. The molecule has 0 spiro atoms. The molecule has 0 radical (unpaired) electrons. The van der Waals surface area contributed by atoms with Crippen molar-refractivity contribution in [3.05, 3.63) is 85.8 Å². The van der Waals surface area contributed by atoms with Gasteiger partial charge >= 0.3 is 5.69 Å². The Bertz CT molecular complexity index is 1130. The molecule has 6 nitrogen and oxygen atoms in total. The van der Waals surface area contributed by atoms with Crippen LogP contribution in [-0.2, 0) is 0 Å². The fraction of sp³-hybridized carbons (Fsp3) is 0.238. The molecule has 0 aliphatic heterocycles. The molecule has 1 aromatic carbocycles. The maximum Gasteiger partial charge on any atom is 0.325 e. The second-order valence-corrected chi connectivity index (χ2v) is 7.03. The molecule has 1 aliphatic rings. The number of rotatable bonds is 4. The summed E-state index contributed by atoms with van der Waals surface area (Å²) < 4.78 is 0. The number of hydrogen-bond acceptors (Lipinski definition) is 4. The molecule has 1 aliphatic carbocycles. The van der Waals surface area contributed by atoms with Crippen LogP contribution in [0, 0.1) is 19.8 Å². The van der Waals surface area contributed by atoms with Gasteiger partial charge < -0.3 is 4.98 Å². The molecule has 0 unspecified atom stereocenters. The molecule has 2 heterocycles. The van der Waals surface area contributed by atoms with Gasteiger partial charge in [0.15, 0.2) is 0 Å². The highest BCUT2D eigenvalue weighted by Gasteiger charge is 2.37. The summed E-state index contributed by atoms with van der Waals surface area (Å²) in [6.07, 6.45) is 6.82. The van der Waals surface area contributed by atoms with E-state index in [1.807, 2.05) is 13.0 Å². The Hall–Kier alpha value is -3.28. The van der Waals surface area contributed by atoms with Gasteiger partial charge in [0.05, 0.1) is 11.3 Å². The Morgan fingerprint density at radius 3 is 2.63 bits per heavy atom. The Morgan fingerprint density at radius 1 is 1.11 bits per heavy atom. The molecule has 2 N–H and O–H groups in total. The lowest BCUT2D eigenvalue weighted by molar-refractivity contribution is 0.907. The minimum atomic E-state index is -0.535. The molecule has 136 valence electrons. The van der Waals surface area contributed by atoms with E-state index in [1.54, 1.807) is 0 Å². The number of allylic oxidation sites excluding steroid dienone is 1. The van der Waals surface area contributed by atoms with Crippen molar-refractivity contribution in [2.45, 2.75) is 26.2 Å². The monoisotopic (exact) mass is 360 g/mol. The summed E-state index contributed by atoms with van der Waals surface area (Å²) in [5.74, 6) is 0.832. The van der Waals surface area contributed by atoms with Gasteiger partial charge in [-0.05, 0) is 49.3 Å². The third-order valence-electron chi connectivity index (χ3n) is 4.97. The third-order valence-corrected chi connectivity index (χ3v) is 4.97. The lowest BCUT2D eigenvalue weighted by atomic mass is 10.0. The number of aromatic amines is 2. The van der Waals surface area contributed by atoms with Gasteiger partial charge in [0.25, 0.3) is 5.56 Å². The van der Waals surface area contributed by atoms with Crippen molar-refractivity contribution < 1.29 is 0 Å². The second kappa shape index (κ2) is 6.79. The van der Waals surface area contributed by atoms with E-state index in [0.717, 1.165) is 17.7 Å². The molecular weight excluding hydrogens is 340 g/mol. The minimum absolute atomic E-state index is 0.316. The first-order valence-electron chi connectivity index (χ1n) is 8.93. The van der Waals surface area contributed by atoms with E-state index in [0.29, 0.717) is 23.1 Å². The van der Waals surface area contributed by atoms with Crippen LogP contribution in [0.5, 0.6) is 0 Å². The average Bonchev–Trinajstić information content (AvgIpc) is 3.41. The van der Waals surface area contributed by atoms with E-state index in [9.17, 15) is 9.59 Å². The van der Waals surface area contributed by atoms with Crippen molar-refractivity contribution in [2.75, 3.05) is 0 Å². The average molecular weight is 360 g/mol. The zero-order chi connectivity index (χ0) is 19.0. The van der Waals surface area contributed by atoms with E-state index in [1.165, 1.54) is 17.3 Å². The zero-order valence-corrected chi connectivity index (χ0v) is 15.2. The van der Waals surface area contributed by atoms with Gasteiger partial charge in [-0.3, -0.25) is 9.78 Å². The zero-order valence-electron chi connectivity index (χ0n) is 15.2. The van der Waals surface area contributed by atoms with Crippen LogP contribution in [0.1, 0.15) is 34.7 Å². The van der Waals surface area contributed by atoms with Crippen LogP contribution in [0.25, 0.3) is 17.3 Å². The predicted octanol–water partition coefficient (Wildman–Crippen LogP) is 2.95. The van der Waals surface area contributed by atoms with Crippen LogP contribution in [0.15, 0.2) is 52.2 Å². The number of hydrogen-bond donors (Lipinski definition) is 2. The molecule has 3 aromatic rings. The maximum absolute atomic E-state index is 12.0. The number of nitrogens with one attached hydrogen (secondary N) is 2. The topological polar surface area (TPSA) is 91.5 Å². The highest BCUT2D eigenvalue weighted by molar-refractivity contribution is 5.58. The fourth-order valence-electron chi connectivity index (χ4n) is 3.27. The number of H-pyrrole nitrogens is 2. The summed E-state index contributed by atoms with van der Waals surface area (Å²) >= 11 is 0. The Labute approximate surface area is 156 Å². The van der Waals surface area contributed by atoms with E-state index < -0.39 is 11.2 Å². The highest BCUT2D eigenvalue weighted by Crippen LogP contribution is 2.49. The fourth-order valence-corrected chi connectivity index (χ4v) is 3.27. The maximum atomic E-state index is 12.0. The largest absolute Gasteiger partial charge is 0.325 e. The lowest BCUT2D eigenvalue weighted by Crippen LogP contribution is -2.23. The van der Waals surface area contributed by atoms with Crippen LogP contribution in [0.2, 0.25) is 0 Å². The quantitative estimate of drug-likeness (QED) is 0.748. The first-order chi connectivity index (χ1) is 13.0. The van der Waals surface area contributed by atoms with Crippen molar-refractivity contribution >= 4 is 6.08 Å². The number of benzene rings is 1. The van der Waals surface area contributed by atoms with Crippen LogP contribution in [0.3, 0.4) is 0 Å². The standard InChI is InChI=1S/C21H20N4O2/c1-12-3-5-14(6-4-12)7-8-15-9-17(15)16-10-19(25-24-13(16)2)18-11-22-21(27)23-20(18)26/h3-8,10-11,15,17H,9H2,1-2H3,(H2,22,23,26,27)/b8-7+/t15-,17-/m0/s1. The van der Waals surface area contributed by atoms with Crippen LogP contribution >= 0.6 is 0 Å². The number of nitrogens with zero attached hydrogens (tertiary/aromatic N) is 2. The molecule has 6 heteroatoms. The van der Waals surface area contributed by atoms with Gasteiger partial charge in [-0.2, -0.15) is 5.10 Å². The van der Waals surface area contributed by atoms with Gasteiger partial charge in [0.1, 0.15) is 5.69 Å². The van der Waals surface area contributed by atoms with Crippen LogP contribution in [-0.4, -0.2) is 20.2 Å². The van der Waals surface area contributed by atoms with Gasteiger partial charge in [0, 0.05) is 6.20 Å². The molecule has 0 saturated heterocycles. The summed E-state index contributed by atoms with van der Waals surface area (Å²) in [5, 5.41) is 8.35. The molecule has 27 heavy (non-hydrogen) atoms. The van der Waals surface area contributed by atoms with Crippen LogP contribution < -0.4 is 11.2 Å². The van der Waals surface area contributed by atoms with Gasteiger partial charge in [0.2, 0.25) is 0 Å². The summed E-state index contributed by atoms with van der Waals surface area (Å²) in [7, 11) is 0. The van der Waals surface area contributed by atoms with Crippen molar-refractivity contribution in [1.82, 2.24) is 20.2 Å². The van der Waals surface area contributed by atoms with E-state index in [4.69, 9.17) is 0 Å². The van der Waals surface area contributed by atoms with Crippen LogP contribution in [0.4, 0.5) is 0 Å². The summed E-state index contributed by atoms with van der Waals surface area (Å²) in [6.45, 7) is 4.01. The Morgan fingerprint density at radius 2 is 1.89 bits per heavy atom. The molecule has 1 fully saturated rings. The predicted molar refractivity (Wildman–Crippen MR) is 105 cm³/mol. The molecule has 1 saturated carbocycles. The Balaban J connectivity index is 1.57. The minimum Gasteiger partial charge on any atom is -0.313 e. The number of aryl methyl sites for hydroxylation is 2. The van der Waals surface area contributed by atoms with E-state index in [-0.39, 0.29) is 0 Å². The summed E-state index contributed by atoms with van der Waals surface area (Å²) in [6, 6.07) is 10.4. The van der Waals surface area contributed by atoms with E-state index in [2.05, 4.69) is 63.5 Å². The van der Waals surface area contributed by atoms with E-state index >= 15 is 0 Å². The Kier molecular flexibility index (Phi) is 4.32. The molecule has 4 rings (SSSR count). The molecule has 0 amide bonds. The number of aromatic nitrogens is 4. The molecule has 0 bridgehead atoms. The molecular formula is C21H20N4O2. The molecule has 2 aromatic heterocycles. The van der Waals surface area contributed by atoms with Gasteiger partial charge in [-0.1, -0.05) is 42.0 Å². The molecule has 2 atom stereocenters. The summed E-state index contributed by atoms with van der Waals surface area (Å²) in [4.78, 5) is 27.9. The smallest absolute Gasteiger partial charge is 0.313 e. The first kappa shape index (κ1) is 17.1. The normalized spacial score (nSPS) is 18.7. The van der Waals surface area contributed by atoms with Crippen molar-refractivity contribution in [3.63, 3.8) is 0 Å². The second-order valence-electron chi connectivity index (χ2n) is 7.03. The SMILES string of the molecule is Cc1ccc(/C=C/[C@H]2C[C@@H]2c2cc(-c3c[nH]c(=O)[nH]c3=O)nnc2C)cc1. The highest BCUT2D eigenvalue weighted by atomic mass is 16.2. The first-order valence-corrected chi connectivity index (χ1v) is 8.93. The van der Waals surface area contributed by atoms with Crippen molar-refractivity contribution in [2.24, 2.45) is 5.92 Å². The van der Waals surface area contributed by atoms with Crippen molar-refractivity contribution in [1.29, 1.82) is 0 Å².